The van der Waals surface area contributed by atoms with Crippen LogP contribution in [0.25, 0.3) is 11.0 Å². The van der Waals surface area contributed by atoms with Crippen molar-refractivity contribution in [2.24, 2.45) is 0 Å². The molecule has 0 fully saturated rings. The van der Waals surface area contributed by atoms with E-state index in [4.69, 9.17) is 0 Å². The first-order valence-electron chi connectivity index (χ1n) is 8.98. The van der Waals surface area contributed by atoms with Crippen molar-refractivity contribution in [3.8, 4) is 0 Å². The number of H-pyrrole nitrogens is 1. The molecule has 0 aliphatic heterocycles. The van der Waals surface area contributed by atoms with Gasteiger partial charge in [-0.3, -0.25) is 4.79 Å². The van der Waals surface area contributed by atoms with Crippen LogP contribution in [-0.2, 0) is 11.2 Å². The van der Waals surface area contributed by atoms with Gasteiger partial charge in [0.1, 0.15) is 0 Å². The van der Waals surface area contributed by atoms with Gasteiger partial charge in [0.15, 0.2) is 5.16 Å². The standard InChI is InChI=1S/C21H25N3OS/c1-14-9-12-18-19(13-14)24-21(23-18)26-16(3)20(25)22-15(2)10-11-17-7-5-4-6-8-17/h4-9,12-13,15-16H,10-11H2,1-3H3,(H,22,25)(H,23,24)/t15-,16-/m0/s1. The Morgan fingerprint density at radius 1 is 1.19 bits per heavy atom. The van der Waals surface area contributed by atoms with Gasteiger partial charge < -0.3 is 10.3 Å². The van der Waals surface area contributed by atoms with E-state index in [1.807, 2.05) is 37.3 Å². The zero-order chi connectivity index (χ0) is 18.5. The predicted molar refractivity (Wildman–Crippen MR) is 109 cm³/mol. The number of carbonyl (C=O) groups is 1. The summed E-state index contributed by atoms with van der Waals surface area (Å²) < 4.78 is 0. The molecule has 0 unspecified atom stereocenters. The Balaban J connectivity index is 1.51. The third kappa shape index (κ3) is 4.88. The fourth-order valence-corrected chi connectivity index (χ4v) is 3.67. The first-order chi connectivity index (χ1) is 12.5. The number of hydrogen-bond acceptors (Lipinski definition) is 3. The van der Waals surface area contributed by atoms with E-state index in [9.17, 15) is 4.79 Å². The molecule has 1 aromatic heterocycles. The van der Waals surface area contributed by atoms with E-state index < -0.39 is 0 Å². The van der Waals surface area contributed by atoms with E-state index >= 15 is 0 Å². The molecule has 26 heavy (non-hydrogen) atoms. The third-order valence-electron chi connectivity index (χ3n) is 4.37. The van der Waals surface area contributed by atoms with E-state index in [0.717, 1.165) is 29.0 Å². The maximum absolute atomic E-state index is 12.5. The number of thioether (sulfide) groups is 1. The van der Waals surface area contributed by atoms with Gasteiger partial charge in [-0.25, -0.2) is 4.98 Å². The van der Waals surface area contributed by atoms with Gasteiger partial charge in [-0.2, -0.15) is 0 Å². The normalized spacial score (nSPS) is 13.5. The van der Waals surface area contributed by atoms with Gasteiger partial charge in [0.05, 0.1) is 16.3 Å². The number of aromatic amines is 1. The van der Waals surface area contributed by atoms with Crippen LogP contribution in [0, 0.1) is 6.92 Å². The summed E-state index contributed by atoms with van der Waals surface area (Å²) >= 11 is 1.46. The quantitative estimate of drug-likeness (QED) is 0.605. The number of fused-ring (bicyclic) bond motifs is 1. The molecular weight excluding hydrogens is 342 g/mol. The number of carbonyl (C=O) groups excluding carboxylic acids is 1. The maximum atomic E-state index is 12.5. The Bertz CT molecular complexity index is 875. The van der Waals surface area contributed by atoms with Crippen molar-refractivity contribution in [1.29, 1.82) is 0 Å². The zero-order valence-electron chi connectivity index (χ0n) is 15.5. The second-order valence-corrected chi connectivity index (χ2v) is 8.09. The molecule has 0 saturated carbocycles. The van der Waals surface area contributed by atoms with E-state index in [2.05, 4.69) is 47.3 Å². The highest BCUT2D eigenvalue weighted by Gasteiger charge is 2.18. The highest BCUT2D eigenvalue weighted by Crippen LogP contribution is 2.24. The Labute approximate surface area is 158 Å². The molecule has 5 heteroatoms. The molecule has 1 heterocycles. The molecule has 2 atom stereocenters. The van der Waals surface area contributed by atoms with Crippen molar-refractivity contribution in [2.45, 2.75) is 50.1 Å². The molecule has 0 spiro atoms. The smallest absolute Gasteiger partial charge is 0.233 e. The van der Waals surface area contributed by atoms with Gasteiger partial charge >= 0.3 is 0 Å². The van der Waals surface area contributed by atoms with Crippen molar-refractivity contribution in [2.75, 3.05) is 0 Å². The van der Waals surface area contributed by atoms with Crippen LogP contribution < -0.4 is 5.32 Å². The van der Waals surface area contributed by atoms with Gasteiger partial charge in [0, 0.05) is 6.04 Å². The summed E-state index contributed by atoms with van der Waals surface area (Å²) in [6.45, 7) is 6.03. The first-order valence-corrected chi connectivity index (χ1v) is 9.86. The highest BCUT2D eigenvalue weighted by molar-refractivity contribution is 8.00. The van der Waals surface area contributed by atoms with Crippen LogP contribution in [0.5, 0.6) is 0 Å². The van der Waals surface area contributed by atoms with Crippen molar-refractivity contribution in [1.82, 2.24) is 15.3 Å². The topological polar surface area (TPSA) is 57.8 Å². The molecule has 3 aromatic rings. The predicted octanol–water partition coefficient (Wildman–Crippen LogP) is 4.49. The van der Waals surface area contributed by atoms with Crippen LogP contribution in [0.4, 0.5) is 0 Å². The van der Waals surface area contributed by atoms with Crippen molar-refractivity contribution in [3.05, 3.63) is 59.7 Å². The van der Waals surface area contributed by atoms with E-state index in [-0.39, 0.29) is 17.2 Å². The molecule has 0 aliphatic rings. The summed E-state index contributed by atoms with van der Waals surface area (Å²) in [5.74, 6) is 0.0483. The number of nitrogens with zero attached hydrogens (tertiary/aromatic N) is 1. The molecule has 0 aliphatic carbocycles. The number of imidazole rings is 1. The lowest BCUT2D eigenvalue weighted by Crippen LogP contribution is -2.37. The molecule has 0 bridgehead atoms. The molecule has 1 amide bonds. The summed E-state index contributed by atoms with van der Waals surface area (Å²) in [6.07, 6.45) is 1.89. The van der Waals surface area contributed by atoms with Gasteiger partial charge in [-0.15, -0.1) is 0 Å². The number of hydrogen-bond donors (Lipinski definition) is 2. The number of nitrogens with one attached hydrogen (secondary N) is 2. The first kappa shape index (κ1) is 18.5. The minimum absolute atomic E-state index is 0.0483. The Morgan fingerprint density at radius 2 is 1.96 bits per heavy atom. The SMILES string of the molecule is Cc1ccc2nc(S[C@@H](C)C(=O)N[C@@H](C)CCc3ccccc3)[nH]c2c1. The molecule has 136 valence electrons. The molecule has 2 aromatic carbocycles. The summed E-state index contributed by atoms with van der Waals surface area (Å²) in [4.78, 5) is 20.3. The van der Waals surface area contributed by atoms with Crippen LogP contribution in [-0.4, -0.2) is 27.2 Å². The molecular formula is C21H25N3OS. The number of rotatable bonds is 7. The van der Waals surface area contributed by atoms with E-state index in [0.29, 0.717) is 0 Å². The maximum Gasteiger partial charge on any atom is 0.233 e. The lowest BCUT2D eigenvalue weighted by atomic mass is 10.1. The molecule has 0 saturated heterocycles. The second kappa shape index (κ2) is 8.41. The average Bonchev–Trinajstić information content (AvgIpc) is 3.02. The summed E-state index contributed by atoms with van der Waals surface area (Å²) in [6, 6.07) is 16.6. The Hall–Kier alpha value is -2.27. The van der Waals surface area contributed by atoms with Gasteiger partial charge in [0.2, 0.25) is 5.91 Å². The van der Waals surface area contributed by atoms with Gasteiger partial charge in [0.25, 0.3) is 0 Å². The molecule has 3 rings (SSSR count). The number of amides is 1. The minimum atomic E-state index is -0.198. The lowest BCUT2D eigenvalue weighted by Gasteiger charge is -2.16. The van der Waals surface area contributed by atoms with Crippen LogP contribution in [0.1, 0.15) is 31.4 Å². The number of aromatic nitrogens is 2. The molecule has 2 N–H and O–H groups in total. The van der Waals surface area contributed by atoms with Gasteiger partial charge in [-0.05, 0) is 56.9 Å². The average molecular weight is 368 g/mol. The second-order valence-electron chi connectivity index (χ2n) is 6.76. The monoisotopic (exact) mass is 367 g/mol. The van der Waals surface area contributed by atoms with Crippen LogP contribution >= 0.6 is 11.8 Å². The van der Waals surface area contributed by atoms with Crippen molar-refractivity contribution < 1.29 is 4.79 Å². The van der Waals surface area contributed by atoms with E-state index in [1.165, 1.54) is 22.9 Å². The zero-order valence-corrected chi connectivity index (χ0v) is 16.3. The summed E-state index contributed by atoms with van der Waals surface area (Å²) in [7, 11) is 0. The lowest BCUT2D eigenvalue weighted by molar-refractivity contribution is -0.120. The number of aryl methyl sites for hydroxylation is 2. The summed E-state index contributed by atoms with van der Waals surface area (Å²) in [5.41, 5.74) is 4.43. The minimum Gasteiger partial charge on any atom is -0.353 e. The fourth-order valence-electron chi connectivity index (χ4n) is 2.84. The molecule has 0 radical (unpaired) electrons. The largest absolute Gasteiger partial charge is 0.353 e. The summed E-state index contributed by atoms with van der Waals surface area (Å²) in [5, 5.41) is 3.70. The van der Waals surface area contributed by atoms with Crippen LogP contribution in [0.2, 0.25) is 0 Å². The fraction of sp³-hybridized carbons (Fsp3) is 0.333. The highest BCUT2D eigenvalue weighted by atomic mass is 32.2. The van der Waals surface area contributed by atoms with Crippen LogP contribution in [0.15, 0.2) is 53.7 Å². The Kier molecular flexibility index (Phi) is 5.99. The molecule has 4 nitrogen and oxygen atoms in total. The van der Waals surface area contributed by atoms with Crippen molar-refractivity contribution in [3.63, 3.8) is 0 Å². The van der Waals surface area contributed by atoms with Gasteiger partial charge in [-0.1, -0.05) is 48.2 Å². The third-order valence-corrected chi connectivity index (χ3v) is 5.36. The van der Waals surface area contributed by atoms with Crippen LogP contribution in [0.3, 0.4) is 0 Å². The number of benzene rings is 2. The Morgan fingerprint density at radius 3 is 2.73 bits per heavy atom. The van der Waals surface area contributed by atoms with E-state index in [1.54, 1.807) is 0 Å². The van der Waals surface area contributed by atoms with Crippen molar-refractivity contribution >= 4 is 28.7 Å².